The molecule has 0 saturated heterocycles. The molecule has 7 heteroatoms. The standard InChI is InChI=1S/C21H28O7/c1-16(2)20(22)27-10-6-9-24-11-12-25-18-7-5-8-19(15-18)26-13-14-28-21(23)17(3)4/h5,7-8,15H,1,3,6,9-14H2,2,4H3. The second-order valence-electron chi connectivity index (χ2n) is 5.97. The van der Waals surface area contributed by atoms with E-state index in [1.807, 2.05) is 6.07 Å². The van der Waals surface area contributed by atoms with Crippen LogP contribution in [0.5, 0.6) is 11.5 Å². The van der Waals surface area contributed by atoms with Gasteiger partial charge in [0.1, 0.15) is 31.3 Å². The zero-order chi connectivity index (χ0) is 20.8. The van der Waals surface area contributed by atoms with Crippen molar-refractivity contribution >= 4 is 11.9 Å². The maximum atomic E-state index is 11.3. The van der Waals surface area contributed by atoms with E-state index in [9.17, 15) is 9.59 Å². The summed E-state index contributed by atoms with van der Waals surface area (Å²) in [6, 6.07) is 7.15. The van der Waals surface area contributed by atoms with E-state index >= 15 is 0 Å². The first-order valence-corrected chi connectivity index (χ1v) is 8.99. The lowest BCUT2D eigenvalue weighted by atomic mass is 10.3. The van der Waals surface area contributed by atoms with Gasteiger partial charge in [-0.15, -0.1) is 0 Å². The fourth-order valence-corrected chi connectivity index (χ4v) is 1.84. The Morgan fingerprint density at radius 2 is 1.32 bits per heavy atom. The lowest BCUT2D eigenvalue weighted by Gasteiger charge is -2.10. The van der Waals surface area contributed by atoms with Gasteiger partial charge in [-0.1, -0.05) is 19.2 Å². The molecule has 0 N–H and O–H groups in total. The van der Waals surface area contributed by atoms with Crippen molar-refractivity contribution in [3.05, 3.63) is 48.6 Å². The van der Waals surface area contributed by atoms with Gasteiger partial charge in [-0.2, -0.15) is 0 Å². The van der Waals surface area contributed by atoms with E-state index in [4.69, 9.17) is 23.7 Å². The van der Waals surface area contributed by atoms with Crippen LogP contribution in [0.2, 0.25) is 0 Å². The SMILES string of the molecule is C=C(C)C(=O)OCCCOCCOc1cccc(OCCOC(=O)C(=C)C)c1. The van der Waals surface area contributed by atoms with Crippen molar-refractivity contribution in [1.29, 1.82) is 0 Å². The number of hydrogen-bond acceptors (Lipinski definition) is 7. The highest BCUT2D eigenvalue weighted by Gasteiger charge is 2.04. The summed E-state index contributed by atoms with van der Waals surface area (Å²) < 4.78 is 26.5. The summed E-state index contributed by atoms with van der Waals surface area (Å²) in [6.07, 6.45) is 0.609. The topological polar surface area (TPSA) is 80.3 Å². The Labute approximate surface area is 165 Å². The molecule has 154 valence electrons. The molecule has 0 radical (unpaired) electrons. The Hall–Kier alpha value is -2.80. The van der Waals surface area contributed by atoms with Gasteiger partial charge in [0, 0.05) is 30.2 Å². The van der Waals surface area contributed by atoms with Crippen LogP contribution >= 0.6 is 0 Å². The van der Waals surface area contributed by atoms with Crippen molar-refractivity contribution < 1.29 is 33.3 Å². The van der Waals surface area contributed by atoms with Gasteiger partial charge in [-0.05, 0) is 26.0 Å². The van der Waals surface area contributed by atoms with E-state index in [0.717, 1.165) is 0 Å². The predicted molar refractivity (Wildman–Crippen MR) is 104 cm³/mol. The zero-order valence-electron chi connectivity index (χ0n) is 16.5. The number of ether oxygens (including phenoxy) is 5. The molecule has 1 aromatic rings. The summed E-state index contributed by atoms with van der Waals surface area (Å²) in [7, 11) is 0. The molecule has 0 bridgehead atoms. The Morgan fingerprint density at radius 3 is 1.89 bits per heavy atom. The molecule has 0 fully saturated rings. The molecule has 0 amide bonds. The van der Waals surface area contributed by atoms with E-state index < -0.39 is 5.97 Å². The van der Waals surface area contributed by atoms with E-state index in [1.54, 1.807) is 32.0 Å². The highest BCUT2D eigenvalue weighted by Crippen LogP contribution is 2.19. The average molecular weight is 392 g/mol. The summed E-state index contributed by atoms with van der Waals surface area (Å²) in [5.74, 6) is 0.439. The van der Waals surface area contributed by atoms with E-state index in [2.05, 4.69) is 13.2 Å². The minimum absolute atomic E-state index is 0.145. The summed E-state index contributed by atoms with van der Waals surface area (Å²) in [5, 5.41) is 0. The third kappa shape index (κ3) is 10.4. The Morgan fingerprint density at radius 1 is 0.786 bits per heavy atom. The smallest absolute Gasteiger partial charge is 0.333 e. The van der Waals surface area contributed by atoms with Crippen LogP contribution in [-0.2, 0) is 23.8 Å². The molecule has 0 aromatic heterocycles. The van der Waals surface area contributed by atoms with Crippen LogP contribution in [-0.4, -0.2) is 51.6 Å². The van der Waals surface area contributed by atoms with E-state index in [0.29, 0.717) is 55.5 Å². The van der Waals surface area contributed by atoms with Crippen molar-refractivity contribution in [2.24, 2.45) is 0 Å². The van der Waals surface area contributed by atoms with Gasteiger partial charge in [0.25, 0.3) is 0 Å². The highest BCUT2D eigenvalue weighted by molar-refractivity contribution is 5.87. The molecule has 7 nitrogen and oxygen atoms in total. The fourth-order valence-electron chi connectivity index (χ4n) is 1.84. The molecule has 0 aliphatic heterocycles. The first-order chi connectivity index (χ1) is 13.4. The third-order valence-corrected chi connectivity index (χ3v) is 3.25. The molecule has 0 aliphatic rings. The van der Waals surface area contributed by atoms with Crippen molar-refractivity contribution in [1.82, 2.24) is 0 Å². The maximum Gasteiger partial charge on any atom is 0.333 e. The quantitative estimate of drug-likeness (QED) is 0.273. The lowest BCUT2D eigenvalue weighted by Crippen LogP contribution is -2.12. The van der Waals surface area contributed by atoms with E-state index in [-0.39, 0.29) is 19.2 Å². The number of carbonyl (C=O) groups is 2. The normalized spacial score (nSPS) is 10.1. The van der Waals surface area contributed by atoms with Crippen LogP contribution in [0.1, 0.15) is 20.3 Å². The molecule has 0 unspecified atom stereocenters. The van der Waals surface area contributed by atoms with Crippen molar-refractivity contribution in [3.63, 3.8) is 0 Å². The van der Waals surface area contributed by atoms with Gasteiger partial charge in [-0.3, -0.25) is 0 Å². The highest BCUT2D eigenvalue weighted by atomic mass is 16.6. The minimum atomic E-state index is -0.435. The number of rotatable bonds is 14. The maximum absolute atomic E-state index is 11.3. The molecule has 0 aliphatic carbocycles. The monoisotopic (exact) mass is 392 g/mol. The van der Waals surface area contributed by atoms with Gasteiger partial charge in [-0.25, -0.2) is 9.59 Å². The Kier molecular flexibility index (Phi) is 11.1. The van der Waals surface area contributed by atoms with Crippen LogP contribution in [0.3, 0.4) is 0 Å². The molecule has 0 saturated carbocycles. The van der Waals surface area contributed by atoms with Gasteiger partial charge in [0.2, 0.25) is 0 Å². The first-order valence-electron chi connectivity index (χ1n) is 8.99. The summed E-state index contributed by atoms with van der Waals surface area (Å²) in [5.41, 5.74) is 0.735. The van der Waals surface area contributed by atoms with Crippen LogP contribution in [0.15, 0.2) is 48.6 Å². The van der Waals surface area contributed by atoms with Crippen LogP contribution in [0.4, 0.5) is 0 Å². The summed E-state index contributed by atoms with van der Waals surface area (Å²) in [6.45, 7) is 12.2. The van der Waals surface area contributed by atoms with Gasteiger partial charge in [0.15, 0.2) is 0 Å². The van der Waals surface area contributed by atoms with Crippen molar-refractivity contribution in [3.8, 4) is 11.5 Å². The number of benzene rings is 1. The molecule has 0 heterocycles. The van der Waals surface area contributed by atoms with Gasteiger partial charge >= 0.3 is 11.9 Å². The number of hydrogen-bond donors (Lipinski definition) is 0. The zero-order valence-corrected chi connectivity index (χ0v) is 16.5. The first kappa shape index (κ1) is 23.2. The van der Waals surface area contributed by atoms with Gasteiger partial charge < -0.3 is 23.7 Å². The number of carbonyl (C=O) groups excluding carboxylic acids is 2. The number of esters is 2. The average Bonchev–Trinajstić information content (AvgIpc) is 2.67. The third-order valence-electron chi connectivity index (χ3n) is 3.25. The van der Waals surface area contributed by atoms with Crippen LogP contribution in [0.25, 0.3) is 0 Å². The molecule has 1 rings (SSSR count). The molecular weight excluding hydrogens is 364 g/mol. The predicted octanol–water partition coefficient (Wildman–Crippen LogP) is 3.09. The van der Waals surface area contributed by atoms with Crippen molar-refractivity contribution in [2.75, 3.05) is 39.6 Å². The van der Waals surface area contributed by atoms with Gasteiger partial charge in [0.05, 0.1) is 13.2 Å². The lowest BCUT2D eigenvalue weighted by molar-refractivity contribution is -0.140. The molecule has 28 heavy (non-hydrogen) atoms. The summed E-state index contributed by atoms with van der Waals surface area (Å²) in [4.78, 5) is 22.4. The van der Waals surface area contributed by atoms with Crippen LogP contribution in [0, 0.1) is 0 Å². The Balaban J connectivity index is 2.13. The second kappa shape index (κ2) is 13.4. The minimum Gasteiger partial charge on any atom is -0.491 e. The Bertz CT molecular complexity index is 666. The second-order valence-corrected chi connectivity index (χ2v) is 5.97. The molecular formula is C21H28O7. The van der Waals surface area contributed by atoms with Crippen LogP contribution < -0.4 is 9.47 Å². The van der Waals surface area contributed by atoms with E-state index in [1.165, 1.54) is 0 Å². The summed E-state index contributed by atoms with van der Waals surface area (Å²) >= 11 is 0. The fraction of sp³-hybridized carbons (Fsp3) is 0.429. The largest absolute Gasteiger partial charge is 0.491 e. The molecule has 0 atom stereocenters. The van der Waals surface area contributed by atoms with Crippen molar-refractivity contribution in [2.45, 2.75) is 20.3 Å². The molecule has 1 aromatic carbocycles. The molecule has 0 spiro atoms.